The van der Waals surface area contributed by atoms with E-state index < -0.39 is 5.91 Å². The third-order valence-corrected chi connectivity index (χ3v) is 7.95. The van der Waals surface area contributed by atoms with Crippen molar-refractivity contribution in [1.29, 1.82) is 5.41 Å². The highest BCUT2D eigenvalue weighted by Crippen LogP contribution is 2.32. The number of aromatic nitrogens is 1. The predicted octanol–water partition coefficient (Wildman–Crippen LogP) is 6.51. The lowest BCUT2D eigenvalue weighted by atomic mass is 9.99. The summed E-state index contributed by atoms with van der Waals surface area (Å²) in [7, 11) is 0. The fraction of sp³-hybridized carbons (Fsp3) is 0.310. The van der Waals surface area contributed by atoms with Gasteiger partial charge in [0, 0.05) is 28.6 Å². The van der Waals surface area contributed by atoms with Crippen LogP contribution in [0.5, 0.6) is 5.75 Å². The molecule has 7 nitrogen and oxygen atoms in total. The lowest BCUT2D eigenvalue weighted by Gasteiger charge is -2.20. The Kier molecular flexibility index (Phi) is 7.02. The number of nitrogens with zero attached hydrogens (tertiary/aromatic N) is 4. The molecule has 3 aromatic rings. The quantitative estimate of drug-likeness (QED) is 0.348. The van der Waals surface area contributed by atoms with Gasteiger partial charge in [-0.25, -0.2) is 0 Å². The van der Waals surface area contributed by atoms with Crippen LogP contribution in [0.3, 0.4) is 0 Å². The molecular weight excluding hydrogens is 482 g/mol. The molecule has 5 rings (SSSR count). The molecule has 1 amide bonds. The minimum atomic E-state index is -0.412. The molecule has 0 fully saturated rings. The van der Waals surface area contributed by atoms with Crippen LogP contribution in [-0.2, 0) is 11.3 Å². The molecule has 190 valence electrons. The molecule has 1 aromatic heterocycles. The van der Waals surface area contributed by atoms with Gasteiger partial charge in [-0.3, -0.25) is 10.2 Å². The lowest BCUT2D eigenvalue weighted by molar-refractivity contribution is -0.114. The van der Waals surface area contributed by atoms with Crippen LogP contribution in [0.2, 0.25) is 0 Å². The zero-order valence-corrected chi connectivity index (χ0v) is 22.4. The standard InChI is InChI=1S/C29H31N5O2S/c1-5-19(4)20-10-12-22(13-11-20)36-15-14-33-17-21(23-8-6-7-9-25(23)33)16-24-26(30)34-29(31-27(24)35)37-28(32-34)18(2)3/h6-13,16-19,30H,5,14-15H2,1-4H3/b24-16+,30-26?/t19-/m0/s1. The Bertz CT molecular complexity index is 1450. The molecule has 0 aliphatic carbocycles. The summed E-state index contributed by atoms with van der Waals surface area (Å²) in [6.07, 6.45) is 4.88. The van der Waals surface area contributed by atoms with Crippen LogP contribution < -0.4 is 4.74 Å². The van der Waals surface area contributed by atoms with Crippen LogP contribution in [0.4, 0.5) is 0 Å². The van der Waals surface area contributed by atoms with E-state index in [9.17, 15) is 4.79 Å². The van der Waals surface area contributed by atoms with Crippen molar-refractivity contribution in [3.63, 3.8) is 0 Å². The van der Waals surface area contributed by atoms with Crippen molar-refractivity contribution < 1.29 is 9.53 Å². The normalized spacial score (nSPS) is 17.4. The first-order valence-corrected chi connectivity index (χ1v) is 13.5. The van der Waals surface area contributed by atoms with Crippen LogP contribution in [0.25, 0.3) is 17.0 Å². The Morgan fingerprint density at radius 3 is 2.59 bits per heavy atom. The van der Waals surface area contributed by atoms with Crippen molar-refractivity contribution in [2.75, 3.05) is 6.61 Å². The number of thioether (sulfide) groups is 1. The first-order valence-electron chi connectivity index (χ1n) is 12.7. The maximum absolute atomic E-state index is 12.9. The number of fused-ring (bicyclic) bond motifs is 2. The second-order valence-corrected chi connectivity index (χ2v) is 10.6. The van der Waals surface area contributed by atoms with Crippen LogP contribution in [0.1, 0.15) is 51.2 Å². The van der Waals surface area contributed by atoms with Gasteiger partial charge in [0.2, 0.25) is 5.17 Å². The molecule has 3 heterocycles. The van der Waals surface area contributed by atoms with Crippen LogP contribution in [0, 0.1) is 11.3 Å². The molecule has 0 saturated heterocycles. The zero-order chi connectivity index (χ0) is 26.1. The number of hydrogen-bond donors (Lipinski definition) is 1. The highest BCUT2D eigenvalue weighted by atomic mass is 32.2. The van der Waals surface area contributed by atoms with Gasteiger partial charge in [-0.05, 0) is 53.9 Å². The molecule has 0 saturated carbocycles. The largest absolute Gasteiger partial charge is 0.492 e. The number of carbonyl (C=O) groups excluding carboxylic acids is 1. The SMILES string of the molecule is CC[C@H](C)c1ccc(OCCn2cc(/C=C3\C(=N)N4N=C(C(C)C)SC4=NC3=O)c3ccccc32)cc1. The molecular formula is C29H31N5O2S. The molecule has 1 N–H and O–H groups in total. The zero-order valence-electron chi connectivity index (χ0n) is 21.6. The Hall–Kier alpha value is -3.65. The first-order chi connectivity index (χ1) is 17.9. The third-order valence-electron chi connectivity index (χ3n) is 6.75. The summed E-state index contributed by atoms with van der Waals surface area (Å²) in [5, 5.41) is 17.0. The summed E-state index contributed by atoms with van der Waals surface area (Å²) in [6, 6.07) is 16.4. The van der Waals surface area contributed by atoms with Gasteiger partial charge in [0.05, 0.1) is 12.1 Å². The molecule has 0 unspecified atom stereocenters. The minimum absolute atomic E-state index is 0.0548. The van der Waals surface area contributed by atoms with E-state index in [0.29, 0.717) is 24.2 Å². The van der Waals surface area contributed by atoms with Crippen molar-refractivity contribution in [2.45, 2.75) is 46.6 Å². The highest BCUT2D eigenvalue weighted by Gasteiger charge is 2.36. The summed E-state index contributed by atoms with van der Waals surface area (Å²) in [4.78, 5) is 17.1. The maximum atomic E-state index is 12.9. The van der Waals surface area contributed by atoms with Crippen molar-refractivity contribution in [1.82, 2.24) is 9.58 Å². The molecule has 37 heavy (non-hydrogen) atoms. The first kappa shape index (κ1) is 25.0. The fourth-order valence-electron chi connectivity index (χ4n) is 4.36. The number of amidine groups is 2. The number of ether oxygens (including phenoxy) is 1. The van der Waals surface area contributed by atoms with Gasteiger partial charge >= 0.3 is 0 Å². The van der Waals surface area contributed by atoms with Crippen molar-refractivity contribution in [3.05, 3.63) is 71.4 Å². The van der Waals surface area contributed by atoms with Gasteiger partial charge in [0.15, 0.2) is 5.84 Å². The van der Waals surface area contributed by atoms with Gasteiger partial charge in [0.1, 0.15) is 17.4 Å². The number of nitrogens with one attached hydrogen (secondary N) is 1. The Labute approximate surface area is 221 Å². The highest BCUT2D eigenvalue weighted by molar-refractivity contribution is 8.27. The van der Waals surface area contributed by atoms with E-state index in [1.807, 2.05) is 50.4 Å². The number of para-hydroxylation sites is 1. The van der Waals surface area contributed by atoms with Crippen LogP contribution >= 0.6 is 11.8 Å². The van der Waals surface area contributed by atoms with Crippen molar-refractivity contribution >= 4 is 50.7 Å². The minimum Gasteiger partial charge on any atom is -0.492 e. The van der Waals surface area contributed by atoms with Gasteiger partial charge in [-0.1, -0.05) is 58.0 Å². The third kappa shape index (κ3) is 4.98. The van der Waals surface area contributed by atoms with Gasteiger partial charge in [-0.2, -0.15) is 15.1 Å². The second-order valence-electron chi connectivity index (χ2n) is 9.63. The number of carbonyl (C=O) groups is 1. The molecule has 2 aliphatic rings. The molecule has 0 spiro atoms. The second kappa shape index (κ2) is 10.4. The maximum Gasteiger partial charge on any atom is 0.283 e. The number of hydrazone groups is 1. The van der Waals surface area contributed by atoms with Crippen LogP contribution in [-0.4, -0.2) is 38.1 Å². The smallest absolute Gasteiger partial charge is 0.283 e. The summed E-state index contributed by atoms with van der Waals surface area (Å²) in [6.45, 7) is 9.65. The summed E-state index contributed by atoms with van der Waals surface area (Å²) < 4.78 is 8.16. The Morgan fingerprint density at radius 1 is 1.11 bits per heavy atom. The number of rotatable bonds is 8. The predicted molar refractivity (Wildman–Crippen MR) is 152 cm³/mol. The Balaban J connectivity index is 1.36. The molecule has 0 bridgehead atoms. The topological polar surface area (TPSA) is 83.0 Å². The van der Waals surface area contributed by atoms with E-state index >= 15 is 0 Å². The molecule has 2 aromatic carbocycles. The Morgan fingerprint density at radius 2 is 1.86 bits per heavy atom. The lowest BCUT2D eigenvalue weighted by Crippen LogP contribution is -2.35. The average molecular weight is 514 g/mol. The van der Waals surface area contributed by atoms with E-state index in [1.165, 1.54) is 22.3 Å². The van der Waals surface area contributed by atoms with Gasteiger partial charge in [0.25, 0.3) is 5.91 Å². The van der Waals surface area contributed by atoms with E-state index in [4.69, 9.17) is 10.1 Å². The van der Waals surface area contributed by atoms with E-state index in [2.05, 4.69) is 46.7 Å². The number of aliphatic imine (C=N–C) groups is 1. The monoisotopic (exact) mass is 513 g/mol. The molecule has 8 heteroatoms. The summed E-state index contributed by atoms with van der Waals surface area (Å²) >= 11 is 1.35. The van der Waals surface area contributed by atoms with Gasteiger partial charge in [-0.15, -0.1) is 0 Å². The number of benzene rings is 2. The van der Waals surface area contributed by atoms with Gasteiger partial charge < -0.3 is 9.30 Å². The summed E-state index contributed by atoms with van der Waals surface area (Å²) in [5.41, 5.74) is 3.46. The molecule has 0 radical (unpaired) electrons. The van der Waals surface area contributed by atoms with Crippen molar-refractivity contribution in [3.8, 4) is 5.75 Å². The number of hydrogen-bond acceptors (Lipinski definition) is 5. The van der Waals surface area contributed by atoms with E-state index in [-0.39, 0.29) is 17.3 Å². The molecule has 1 atom stereocenters. The van der Waals surface area contributed by atoms with E-state index in [1.54, 1.807) is 6.08 Å². The fourth-order valence-corrected chi connectivity index (χ4v) is 5.25. The number of amides is 1. The van der Waals surface area contributed by atoms with Crippen LogP contribution in [0.15, 0.2) is 70.4 Å². The summed E-state index contributed by atoms with van der Waals surface area (Å²) in [5.74, 6) is 1.23. The molecule has 2 aliphatic heterocycles. The van der Waals surface area contributed by atoms with E-state index in [0.717, 1.165) is 33.7 Å². The van der Waals surface area contributed by atoms with Crippen molar-refractivity contribution in [2.24, 2.45) is 16.0 Å². The average Bonchev–Trinajstić information content (AvgIpc) is 3.49.